The third kappa shape index (κ3) is 1.95. The van der Waals surface area contributed by atoms with E-state index in [1.165, 1.54) is 12.3 Å². The molecule has 4 aromatic rings. The number of nitrogens with zero attached hydrogens (tertiary/aromatic N) is 5. The monoisotopic (exact) mass is 294 g/mol. The number of hydrogen-bond acceptors (Lipinski definition) is 4. The van der Waals surface area contributed by atoms with Crippen LogP contribution in [0, 0.1) is 5.82 Å². The molecule has 0 aromatic carbocycles. The highest BCUT2D eigenvalue weighted by molar-refractivity contribution is 5.94. The van der Waals surface area contributed by atoms with Gasteiger partial charge in [0, 0.05) is 30.6 Å². The average Bonchev–Trinajstić information content (AvgIpc) is 3.14. The second-order valence-corrected chi connectivity index (χ2v) is 4.92. The summed E-state index contributed by atoms with van der Waals surface area (Å²) in [5, 5.41) is 11.4. The molecule has 7 heteroatoms. The molecule has 4 aromatic heterocycles. The fraction of sp³-hybridized carbons (Fsp3) is 0.0667. The van der Waals surface area contributed by atoms with Crippen LogP contribution in [0.1, 0.15) is 0 Å². The summed E-state index contributed by atoms with van der Waals surface area (Å²) in [6, 6.07) is 4.89. The highest BCUT2D eigenvalue weighted by atomic mass is 19.1. The molecule has 4 rings (SSSR count). The number of aryl methyl sites for hydroxylation is 1. The third-order valence-corrected chi connectivity index (χ3v) is 3.43. The second-order valence-electron chi connectivity index (χ2n) is 4.92. The van der Waals surface area contributed by atoms with Gasteiger partial charge in [0.15, 0.2) is 0 Å². The fourth-order valence-corrected chi connectivity index (χ4v) is 2.47. The Balaban J connectivity index is 1.96. The van der Waals surface area contributed by atoms with Crippen molar-refractivity contribution in [1.82, 2.24) is 29.9 Å². The Bertz CT molecular complexity index is 954. The van der Waals surface area contributed by atoms with Crippen molar-refractivity contribution in [3.8, 4) is 22.5 Å². The van der Waals surface area contributed by atoms with Crippen molar-refractivity contribution in [2.24, 2.45) is 7.05 Å². The number of hydrogen-bond donors (Lipinski definition) is 1. The number of aromatic amines is 1. The van der Waals surface area contributed by atoms with Crippen LogP contribution in [0.4, 0.5) is 4.39 Å². The molecule has 0 aliphatic heterocycles. The minimum absolute atomic E-state index is 0.374. The number of halogens is 1. The molecule has 0 spiro atoms. The normalized spacial score (nSPS) is 11.2. The topological polar surface area (TPSA) is 72.3 Å². The van der Waals surface area contributed by atoms with Gasteiger partial charge in [-0.1, -0.05) is 0 Å². The van der Waals surface area contributed by atoms with Gasteiger partial charge < -0.3 is 0 Å². The van der Waals surface area contributed by atoms with Crippen molar-refractivity contribution in [2.45, 2.75) is 0 Å². The summed E-state index contributed by atoms with van der Waals surface area (Å²) in [7, 11) is 1.84. The minimum Gasteiger partial charge on any atom is -0.276 e. The molecular formula is C15H11FN6. The first-order valence-corrected chi connectivity index (χ1v) is 6.66. The molecule has 0 unspecified atom stereocenters. The van der Waals surface area contributed by atoms with Crippen LogP contribution in [0.2, 0.25) is 0 Å². The number of fused-ring (bicyclic) bond motifs is 1. The molecule has 0 fully saturated rings. The number of nitrogens with one attached hydrogen (secondary N) is 1. The van der Waals surface area contributed by atoms with Gasteiger partial charge in [0.1, 0.15) is 17.0 Å². The lowest BCUT2D eigenvalue weighted by atomic mass is 10.0. The van der Waals surface area contributed by atoms with E-state index in [1.807, 2.05) is 19.3 Å². The van der Waals surface area contributed by atoms with Crippen molar-refractivity contribution in [3.63, 3.8) is 0 Å². The number of pyridine rings is 2. The standard InChI is InChI=1S/C15H11FN6/c1-22-8-11(10-4-5-17-13-7-19-20-14(10)13)15(21-22)12-3-2-9(16)6-18-12/h2-8H,1H3,(H,19,20). The summed E-state index contributed by atoms with van der Waals surface area (Å²) in [6.45, 7) is 0. The molecule has 4 heterocycles. The molecule has 1 N–H and O–H groups in total. The predicted octanol–water partition coefficient (Wildman–Crippen LogP) is 2.56. The van der Waals surface area contributed by atoms with Gasteiger partial charge in [-0.3, -0.25) is 19.7 Å². The molecule has 6 nitrogen and oxygen atoms in total. The van der Waals surface area contributed by atoms with E-state index in [2.05, 4.69) is 25.3 Å². The maximum Gasteiger partial charge on any atom is 0.141 e. The van der Waals surface area contributed by atoms with Crippen molar-refractivity contribution in [3.05, 3.63) is 48.8 Å². The summed E-state index contributed by atoms with van der Waals surface area (Å²) in [5.74, 6) is -0.374. The van der Waals surface area contributed by atoms with Crippen LogP contribution in [0.3, 0.4) is 0 Å². The highest BCUT2D eigenvalue weighted by Crippen LogP contribution is 2.32. The fourth-order valence-electron chi connectivity index (χ4n) is 2.47. The van der Waals surface area contributed by atoms with E-state index in [-0.39, 0.29) is 5.82 Å². The van der Waals surface area contributed by atoms with Crippen LogP contribution < -0.4 is 0 Å². The minimum atomic E-state index is -0.374. The zero-order valence-electron chi connectivity index (χ0n) is 11.7. The van der Waals surface area contributed by atoms with E-state index < -0.39 is 0 Å². The predicted molar refractivity (Wildman–Crippen MR) is 79.3 cm³/mol. The Labute approximate surface area is 124 Å². The number of H-pyrrole nitrogens is 1. The largest absolute Gasteiger partial charge is 0.276 e. The second kappa shape index (κ2) is 4.73. The molecule has 0 radical (unpaired) electrons. The molecule has 22 heavy (non-hydrogen) atoms. The average molecular weight is 294 g/mol. The van der Waals surface area contributed by atoms with E-state index in [4.69, 9.17) is 0 Å². The van der Waals surface area contributed by atoms with Gasteiger partial charge in [-0.25, -0.2) is 4.39 Å². The highest BCUT2D eigenvalue weighted by Gasteiger charge is 2.16. The maximum atomic E-state index is 13.1. The quantitative estimate of drug-likeness (QED) is 0.616. The zero-order chi connectivity index (χ0) is 15.1. The zero-order valence-corrected chi connectivity index (χ0v) is 11.7. The maximum absolute atomic E-state index is 13.1. The van der Waals surface area contributed by atoms with E-state index in [9.17, 15) is 4.39 Å². The van der Waals surface area contributed by atoms with Gasteiger partial charge in [0.2, 0.25) is 0 Å². The Hall–Kier alpha value is -3.09. The first-order chi connectivity index (χ1) is 10.7. The summed E-state index contributed by atoms with van der Waals surface area (Å²) in [4.78, 5) is 8.39. The molecule has 0 aliphatic carbocycles. The van der Waals surface area contributed by atoms with Crippen LogP contribution in [0.5, 0.6) is 0 Å². The number of rotatable bonds is 2. The van der Waals surface area contributed by atoms with Crippen LogP contribution >= 0.6 is 0 Å². The Kier molecular flexibility index (Phi) is 2.72. The lowest BCUT2D eigenvalue weighted by Crippen LogP contribution is -1.90. The molecule has 0 saturated carbocycles. The van der Waals surface area contributed by atoms with Gasteiger partial charge in [-0.2, -0.15) is 10.2 Å². The molecular weight excluding hydrogens is 283 g/mol. The first-order valence-electron chi connectivity index (χ1n) is 6.66. The van der Waals surface area contributed by atoms with Crippen molar-refractivity contribution >= 4 is 11.0 Å². The van der Waals surface area contributed by atoms with Gasteiger partial charge in [0.25, 0.3) is 0 Å². The van der Waals surface area contributed by atoms with Crippen LogP contribution in [-0.4, -0.2) is 29.9 Å². The third-order valence-electron chi connectivity index (χ3n) is 3.43. The summed E-state index contributed by atoms with van der Waals surface area (Å²) in [5.41, 5.74) is 4.72. The summed E-state index contributed by atoms with van der Waals surface area (Å²) in [6.07, 6.45) is 6.48. The molecule has 0 saturated heterocycles. The van der Waals surface area contributed by atoms with Crippen molar-refractivity contribution in [1.29, 1.82) is 0 Å². The lowest BCUT2D eigenvalue weighted by Gasteiger charge is -2.03. The van der Waals surface area contributed by atoms with E-state index in [0.29, 0.717) is 11.4 Å². The van der Waals surface area contributed by atoms with Crippen LogP contribution in [0.25, 0.3) is 33.5 Å². The smallest absolute Gasteiger partial charge is 0.141 e. The Morgan fingerprint density at radius 3 is 2.82 bits per heavy atom. The van der Waals surface area contributed by atoms with Crippen LogP contribution in [0.15, 0.2) is 43.0 Å². The van der Waals surface area contributed by atoms with Gasteiger partial charge >= 0.3 is 0 Å². The first kappa shape index (κ1) is 12.6. The van der Waals surface area contributed by atoms with E-state index in [1.54, 1.807) is 23.1 Å². The Morgan fingerprint density at radius 2 is 2.00 bits per heavy atom. The Morgan fingerprint density at radius 1 is 1.09 bits per heavy atom. The van der Waals surface area contributed by atoms with Crippen molar-refractivity contribution < 1.29 is 4.39 Å². The molecule has 108 valence electrons. The molecule has 0 atom stereocenters. The molecule has 0 amide bonds. The number of aromatic nitrogens is 6. The SMILES string of the molecule is Cn1cc(-c2ccnc3cn[nH]c23)c(-c2ccc(F)cn2)n1. The summed E-state index contributed by atoms with van der Waals surface area (Å²) >= 11 is 0. The van der Waals surface area contributed by atoms with Gasteiger partial charge in [-0.05, 0) is 18.2 Å². The molecule has 0 bridgehead atoms. The van der Waals surface area contributed by atoms with E-state index >= 15 is 0 Å². The van der Waals surface area contributed by atoms with Gasteiger partial charge in [-0.15, -0.1) is 0 Å². The van der Waals surface area contributed by atoms with Gasteiger partial charge in [0.05, 0.1) is 23.6 Å². The van der Waals surface area contributed by atoms with E-state index in [0.717, 1.165) is 22.2 Å². The lowest BCUT2D eigenvalue weighted by molar-refractivity contribution is 0.621. The molecule has 0 aliphatic rings. The van der Waals surface area contributed by atoms with Crippen molar-refractivity contribution in [2.75, 3.05) is 0 Å². The summed E-state index contributed by atoms with van der Waals surface area (Å²) < 4.78 is 14.8. The van der Waals surface area contributed by atoms with Crippen LogP contribution in [-0.2, 0) is 7.05 Å².